The van der Waals surface area contributed by atoms with Gasteiger partial charge in [-0.2, -0.15) is 5.10 Å². The number of aromatic amines is 1. The van der Waals surface area contributed by atoms with E-state index in [0.717, 1.165) is 11.1 Å². The lowest BCUT2D eigenvalue weighted by Gasteiger charge is -2.01. The first-order valence-electron chi connectivity index (χ1n) is 5.04. The minimum Gasteiger partial charge on any atom is -0.273 e. The molecule has 0 spiro atoms. The Morgan fingerprint density at radius 3 is 2.41 bits per heavy atom. The van der Waals surface area contributed by atoms with Gasteiger partial charge in [0.05, 0.1) is 12.1 Å². The minimum absolute atomic E-state index is 0.110. The van der Waals surface area contributed by atoms with Crippen molar-refractivity contribution >= 4 is 5.91 Å². The lowest BCUT2D eigenvalue weighted by Crippen LogP contribution is -2.05. The second-order valence-electron chi connectivity index (χ2n) is 3.60. The summed E-state index contributed by atoms with van der Waals surface area (Å²) < 4.78 is 0. The van der Waals surface area contributed by atoms with Gasteiger partial charge in [0.25, 0.3) is 5.56 Å². The third kappa shape index (κ3) is 2.78. The van der Waals surface area contributed by atoms with E-state index in [9.17, 15) is 9.59 Å². The Kier molecular flexibility index (Phi) is 3.00. The topological polar surface area (TPSA) is 86.6 Å². The van der Waals surface area contributed by atoms with Crippen molar-refractivity contribution in [3.63, 3.8) is 0 Å². The molecule has 0 aliphatic rings. The molecule has 2 aromatic rings. The third-order valence-corrected chi connectivity index (χ3v) is 2.29. The zero-order valence-electron chi connectivity index (χ0n) is 8.93. The molecule has 0 saturated heterocycles. The average Bonchev–Trinajstić information content (AvgIpc) is 2.30. The molecule has 1 heterocycles. The fourth-order valence-corrected chi connectivity index (χ4v) is 1.48. The predicted molar refractivity (Wildman–Crippen MR) is 62.1 cm³/mol. The average molecular weight is 228 g/mol. The molecule has 0 unspecified atom stereocenters. The molecule has 1 aromatic heterocycles. The van der Waals surface area contributed by atoms with Gasteiger partial charge in [-0.1, -0.05) is 24.3 Å². The van der Waals surface area contributed by atoms with Crippen LogP contribution < -0.4 is 11.3 Å². The third-order valence-electron chi connectivity index (χ3n) is 2.29. The Bertz CT molecular complexity index is 567. The van der Waals surface area contributed by atoms with Crippen molar-refractivity contribution in [1.29, 1.82) is 0 Å². The molecule has 17 heavy (non-hydrogen) atoms. The molecule has 5 heteroatoms. The fourth-order valence-electron chi connectivity index (χ4n) is 1.48. The van der Waals surface area contributed by atoms with E-state index in [1.54, 1.807) is 30.3 Å². The molecule has 0 aliphatic heterocycles. The number of carbonyl (C=O) groups is 1. The summed E-state index contributed by atoms with van der Waals surface area (Å²) in [5.74, 6) is -0.611. The molecule has 1 aromatic carbocycles. The highest BCUT2D eigenvalue weighted by Crippen LogP contribution is 2.15. The molecule has 1 radical (unpaired) electrons. The van der Waals surface area contributed by atoms with E-state index in [0.29, 0.717) is 5.69 Å². The number of hydrogen-bond acceptors (Lipinski definition) is 3. The molecule has 0 atom stereocenters. The van der Waals surface area contributed by atoms with Gasteiger partial charge in [-0.15, -0.1) is 0 Å². The Labute approximate surface area is 97.3 Å². The van der Waals surface area contributed by atoms with Crippen molar-refractivity contribution in [2.75, 3.05) is 0 Å². The summed E-state index contributed by atoms with van der Waals surface area (Å²) >= 11 is 0. The number of H-pyrrole nitrogens is 1. The molecule has 85 valence electrons. The van der Waals surface area contributed by atoms with E-state index >= 15 is 0 Å². The van der Waals surface area contributed by atoms with Crippen molar-refractivity contribution in [1.82, 2.24) is 15.9 Å². The number of aromatic nitrogens is 2. The lowest BCUT2D eigenvalue weighted by atomic mass is 10.1. The molecule has 0 saturated carbocycles. The van der Waals surface area contributed by atoms with Gasteiger partial charge in [-0.3, -0.25) is 15.3 Å². The molecular formula is C12H10N3O2. The van der Waals surface area contributed by atoms with Gasteiger partial charge in [0.1, 0.15) is 0 Å². The van der Waals surface area contributed by atoms with E-state index < -0.39 is 5.91 Å². The van der Waals surface area contributed by atoms with Crippen LogP contribution >= 0.6 is 0 Å². The molecule has 0 bridgehead atoms. The summed E-state index contributed by atoms with van der Waals surface area (Å²) in [6, 6.07) is 10.2. The maximum Gasteiger partial charge on any atom is 0.264 e. The summed E-state index contributed by atoms with van der Waals surface area (Å²) in [6.07, 6.45) is 0.110. The van der Waals surface area contributed by atoms with Gasteiger partial charge in [0.2, 0.25) is 5.91 Å². The van der Waals surface area contributed by atoms with Crippen LogP contribution in [0.5, 0.6) is 0 Å². The van der Waals surface area contributed by atoms with Gasteiger partial charge >= 0.3 is 0 Å². The first kappa shape index (κ1) is 11.1. The number of hydrogen-bond donors (Lipinski definition) is 1. The summed E-state index contributed by atoms with van der Waals surface area (Å²) in [6.45, 7) is 0. The van der Waals surface area contributed by atoms with Crippen LogP contribution in [0.25, 0.3) is 11.3 Å². The smallest absolute Gasteiger partial charge is 0.264 e. The lowest BCUT2D eigenvalue weighted by molar-refractivity contribution is -0.118. The predicted octanol–water partition coefficient (Wildman–Crippen LogP) is 0.789. The highest BCUT2D eigenvalue weighted by Gasteiger charge is 2.02. The van der Waals surface area contributed by atoms with Crippen LogP contribution in [0.2, 0.25) is 0 Å². The molecule has 0 fully saturated rings. The number of carbonyl (C=O) groups excluding carboxylic acids is 1. The number of amides is 1. The first-order chi connectivity index (χ1) is 8.15. The van der Waals surface area contributed by atoms with Crippen molar-refractivity contribution in [2.24, 2.45) is 0 Å². The van der Waals surface area contributed by atoms with Crippen LogP contribution in [0.1, 0.15) is 5.56 Å². The molecule has 0 aliphatic carbocycles. The van der Waals surface area contributed by atoms with E-state index in [2.05, 4.69) is 10.2 Å². The largest absolute Gasteiger partial charge is 0.273 e. The normalized spacial score (nSPS) is 10.1. The standard InChI is InChI=1S/C12H10N3O2/c13-11(16)7-8-1-3-9(4-2-8)10-5-6-12(17)15-14-10/h1-6,13H,7H2,(H,15,17). The highest BCUT2D eigenvalue weighted by atomic mass is 16.1. The van der Waals surface area contributed by atoms with E-state index in [1.807, 2.05) is 0 Å². The van der Waals surface area contributed by atoms with E-state index in [1.165, 1.54) is 6.07 Å². The summed E-state index contributed by atoms with van der Waals surface area (Å²) in [5, 5.41) is 6.25. The van der Waals surface area contributed by atoms with E-state index in [-0.39, 0.29) is 12.0 Å². The van der Waals surface area contributed by atoms with Crippen LogP contribution in [-0.4, -0.2) is 16.1 Å². The van der Waals surface area contributed by atoms with Gasteiger partial charge < -0.3 is 0 Å². The van der Waals surface area contributed by atoms with Crippen molar-refractivity contribution in [2.45, 2.75) is 6.42 Å². The van der Waals surface area contributed by atoms with Crippen molar-refractivity contribution < 1.29 is 4.79 Å². The summed E-state index contributed by atoms with van der Waals surface area (Å²) in [4.78, 5) is 21.5. The summed E-state index contributed by atoms with van der Waals surface area (Å²) in [5.41, 5.74) is 8.92. The molecule has 2 rings (SSSR count). The second kappa shape index (κ2) is 4.61. The molecule has 2 N–H and O–H groups in total. The number of nitrogens with one attached hydrogen (secondary N) is 2. The number of rotatable bonds is 3. The van der Waals surface area contributed by atoms with Crippen LogP contribution in [0.3, 0.4) is 0 Å². The van der Waals surface area contributed by atoms with Crippen LogP contribution in [0.4, 0.5) is 0 Å². The van der Waals surface area contributed by atoms with E-state index in [4.69, 9.17) is 5.73 Å². The SMILES string of the molecule is [NH]C(=O)Cc1ccc(-c2ccc(=O)[nH]n2)cc1. The quantitative estimate of drug-likeness (QED) is 0.842. The Morgan fingerprint density at radius 1 is 1.18 bits per heavy atom. The van der Waals surface area contributed by atoms with Crippen LogP contribution in [0, 0.1) is 0 Å². The van der Waals surface area contributed by atoms with Crippen LogP contribution in [0.15, 0.2) is 41.2 Å². The Hall–Kier alpha value is -2.43. The zero-order valence-corrected chi connectivity index (χ0v) is 8.93. The van der Waals surface area contributed by atoms with Crippen LogP contribution in [-0.2, 0) is 11.2 Å². The maximum atomic E-state index is 10.9. The number of nitrogens with zero attached hydrogens (tertiary/aromatic N) is 1. The molecule has 1 amide bonds. The van der Waals surface area contributed by atoms with Crippen molar-refractivity contribution in [3.8, 4) is 11.3 Å². The zero-order chi connectivity index (χ0) is 12.3. The summed E-state index contributed by atoms with van der Waals surface area (Å²) in [7, 11) is 0. The first-order valence-corrected chi connectivity index (χ1v) is 5.04. The maximum absolute atomic E-state index is 10.9. The van der Waals surface area contributed by atoms with Gasteiger partial charge in [-0.25, -0.2) is 5.10 Å². The molecule has 5 nitrogen and oxygen atoms in total. The van der Waals surface area contributed by atoms with Gasteiger partial charge in [-0.05, 0) is 11.6 Å². The van der Waals surface area contributed by atoms with Gasteiger partial charge in [0, 0.05) is 11.6 Å². The van der Waals surface area contributed by atoms with Gasteiger partial charge in [0.15, 0.2) is 0 Å². The Balaban J connectivity index is 2.26. The highest BCUT2D eigenvalue weighted by molar-refractivity contribution is 5.76. The molecular weight excluding hydrogens is 218 g/mol. The monoisotopic (exact) mass is 228 g/mol. The Morgan fingerprint density at radius 2 is 1.88 bits per heavy atom. The minimum atomic E-state index is -0.611. The fraction of sp³-hybridized carbons (Fsp3) is 0.0833. The number of benzene rings is 1. The second-order valence-corrected chi connectivity index (χ2v) is 3.60. The van der Waals surface area contributed by atoms with Crippen molar-refractivity contribution in [3.05, 3.63) is 52.3 Å².